The summed E-state index contributed by atoms with van der Waals surface area (Å²) < 4.78 is 28.2. The predicted molar refractivity (Wildman–Crippen MR) is 87.0 cm³/mol. The third-order valence-electron chi connectivity index (χ3n) is 2.26. The van der Waals surface area contributed by atoms with Crippen LogP contribution in [0.3, 0.4) is 0 Å². The molecule has 0 fully saturated rings. The Labute approximate surface area is 135 Å². The van der Waals surface area contributed by atoms with Gasteiger partial charge in [0.05, 0.1) is 6.54 Å². The number of ether oxygens (including phenoxy) is 1. The van der Waals surface area contributed by atoms with Gasteiger partial charge in [0.1, 0.15) is 5.75 Å². The van der Waals surface area contributed by atoms with Crippen LogP contribution in [0.5, 0.6) is 5.75 Å². The zero-order valence-electron chi connectivity index (χ0n) is 11.5. The van der Waals surface area contributed by atoms with E-state index in [4.69, 9.17) is 0 Å². The summed E-state index contributed by atoms with van der Waals surface area (Å²) in [7, 11) is 0. The molecule has 0 aliphatic heterocycles. The fourth-order valence-corrected chi connectivity index (χ4v) is 1.46. The van der Waals surface area contributed by atoms with Crippen LogP contribution in [-0.4, -0.2) is 25.7 Å². The third kappa shape index (κ3) is 7.46. The molecule has 0 heterocycles. The molecule has 0 aliphatic carbocycles. The molecular weight excluding hydrogens is 379 g/mol. The first kappa shape index (κ1) is 18.9. The van der Waals surface area contributed by atoms with Crippen LogP contribution in [0.4, 0.5) is 8.78 Å². The highest BCUT2D eigenvalue weighted by molar-refractivity contribution is 14.0. The van der Waals surface area contributed by atoms with Crippen molar-refractivity contribution < 1.29 is 13.5 Å². The second-order valence-corrected chi connectivity index (χ2v) is 3.75. The lowest BCUT2D eigenvalue weighted by atomic mass is 10.2. The summed E-state index contributed by atoms with van der Waals surface area (Å²) in [5.74, 6) is 0.888. The fourth-order valence-electron chi connectivity index (χ4n) is 1.46. The highest BCUT2D eigenvalue weighted by atomic mass is 127. The van der Waals surface area contributed by atoms with Crippen LogP contribution in [0.1, 0.15) is 19.4 Å². The van der Waals surface area contributed by atoms with Crippen molar-refractivity contribution in [3.8, 4) is 5.75 Å². The van der Waals surface area contributed by atoms with Gasteiger partial charge in [-0.25, -0.2) is 4.99 Å². The Balaban J connectivity index is 0.00000361. The average Bonchev–Trinajstić information content (AvgIpc) is 2.37. The Kier molecular flexibility index (Phi) is 10.0. The molecule has 0 spiro atoms. The van der Waals surface area contributed by atoms with E-state index in [2.05, 4.69) is 20.4 Å². The Morgan fingerprint density at radius 2 is 1.70 bits per heavy atom. The number of benzene rings is 1. The molecule has 7 heteroatoms. The van der Waals surface area contributed by atoms with Gasteiger partial charge in [-0.2, -0.15) is 8.78 Å². The molecule has 1 aromatic carbocycles. The summed E-state index contributed by atoms with van der Waals surface area (Å²) in [5.41, 5.74) is 0.926. The quantitative estimate of drug-likeness (QED) is 0.439. The number of rotatable bonds is 6. The Morgan fingerprint density at radius 1 is 1.15 bits per heavy atom. The number of halogens is 3. The topological polar surface area (TPSA) is 45.7 Å². The highest BCUT2D eigenvalue weighted by Gasteiger charge is 2.03. The molecule has 4 nitrogen and oxygen atoms in total. The summed E-state index contributed by atoms with van der Waals surface area (Å²) in [6.45, 7) is 3.23. The molecule has 20 heavy (non-hydrogen) atoms. The Bertz CT molecular complexity index is 391. The minimum Gasteiger partial charge on any atom is -0.435 e. The number of aliphatic imine (C=N–C) groups is 1. The molecule has 0 unspecified atom stereocenters. The molecule has 0 radical (unpaired) electrons. The first-order valence-corrected chi connectivity index (χ1v) is 6.21. The van der Waals surface area contributed by atoms with E-state index in [-0.39, 0.29) is 29.7 Å². The second kappa shape index (κ2) is 10.6. The predicted octanol–water partition coefficient (Wildman–Crippen LogP) is 2.98. The Morgan fingerprint density at radius 3 is 2.15 bits per heavy atom. The maximum atomic E-state index is 12.0. The maximum Gasteiger partial charge on any atom is 0.387 e. The van der Waals surface area contributed by atoms with Crippen molar-refractivity contribution in [3.05, 3.63) is 29.8 Å². The van der Waals surface area contributed by atoms with Crippen LogP contribution in [0.25, 0.3) is 0 Å². The Hall–Kier alpha value is -1.12. The van der Waals surface area contributed by atoms with Gasteiger partial charge in [0, 0.05) is 13.1 Å². The zero-order valence-corrected chi connectivity index (χ0v) is 13.9. The molecule has 2 N–H and O–H groups in total. The number of hydrogen-bond donors (Lipinski definition) is 2. The summed E-state index contributed by atoms with van der Waals surface area (Å²) in [6.07, 6.45) is 0. The normalized spacial score (nSPS) is 9.65. The van der Waals surface area contributed by atoms with Gasteiger partial charge >= 0.3 is 6.61 Å². The SMILES string of the molecule is CCNC(=NCc1ccc(OC(F)F)cc1)NCC.I. The third-order valence-corrected chi connectivity index (χ3v) is 2.26. The van der Waals surface area contributed by atoms with E-state index in [0.717, 1.165) is 24.6 Å². The van der Waals surface area contributed by atoms with Gasteiger partial charge in [-0.15, -0.1) is 24.0 Å². The molecule has 0 aromatic heterocycles. The largest absolute Gasteiger partial charge is 0.435 e. The summed E-state index contributed by atoms with van der Waals surface area (Å²) in [6, 6.07) is 6.46. The van der Waals surface area contributed by atoms with E-state index >= 15 is 0 Å². The zero-order chi connectivity index (χ0) is 14.1. The van der Waals surface area contributed by atoms with Crippen LogP contribution >= 0.6 is 24.0 Å². The molecule has 114 valence electrons. The van der Waals surface area contributed by atoms with Crippen LogP contribution in [0.15, 0.2) is 29.3 Å². The van der Waals surface area contributed by atoms with E-state index < -0.39 is 6.61 Å². The van der Waals surface area contributed by atoms with Crippen molar-refractivity contribution in [2.45, 2.75) is 27.0 Å². The standard InChI is InChI=1S/C13H19F2N3O.HI/c1-3-16-13(17-4-2)18-9-10-5-7-11(8-6-10)19-12(14)15;/h5-8,12H,3-4,9H2,1-2H3,(H2,16,17,18);1H. The molecule has 0 bridgehead atoms. The molecule has 0 aliphatic rings. The van der Waals surface area contributed by atoms with Gasteiger partial charge in [-0.3, -0.25) is 0 Å². The lowest BCUT2D eigenvalue weighted by Gasteiger charge is -2.09. The molecule has 1 rings (SSSR count). The molecule has 1 aromatic rings. The number of hydrogen-bond acceptors (Lipinski definition) is 2. The smallest absolute Gasteiger partial charge is 0.387 e. The van der Waals surface area contributed by atoms with Crippen molar-refractivity contribution in [1.82, 2.24) is 10.6 Å². The van der Waals surface area contributed by atoms with E-state index in [1.807, 2.05) is 13.8 Å². The van der Waals surface area contributed by atoms with Crippen LogP contribution < -0.4 is 15.4 Å². The first-order chi connectivity index (χ1) is 9.15. The van der Waals surface area contributed by atoms with Crippen molar-refractivity contribution in [1.29, 1.82) is 0 Å². The summed E-state index contributed by atoms with van der Waals surface area (Å²) in [5, 5.41) is 6.21. The van der Waals surface area contributed by atoms with Crippen molar-refractivity contribution >= 4 is 29.9 Å². The van der Waals surface area contributed by atoms with Gasteiger partial charge in [0.2, 0.25) is 0 Å². The monoisotopic (exact) mass is 399 g/mol. The number of nitrogens with one attached hydrogen (secondary N) is 2. The molecule has 0 amide bonds. The van der Waals surface area contributed by atoms with Crippen molar-refractivity contribution in [2.24, 2.45) is 4.99 Å². The minimum atomic E-state index is -2.79. The summed E-state index contributed by atoms with van der Waals surface area (Å²) in [4.78, 5) is 4.37. The van der Waals surface area contributed by atoms with E-state index in [0.29, 0.717) is 6.54 Å². The first-order valence-electron chi connectivity index (χ1n) is 6.21. The van der Waals surface area contributed by atoms with Gasteiger partial charge in [-0.05, 0) is 31.5 Å². The molecule has 0 atom stereocenters. The average molecular weight is 399 g/mol. The van der Waals surface area contributed by atoms with E-state index in [1.165, 1.54) is 12.1 Å². The van der Waals surface area contributed by atoms with Crippen molar-refractivity contribution in [2.75, 3.05) is 13.1 Å². The van der Waals surface area contributed by atoms with Gasteiger partial charge in [-0.1, -0.05) is 12.1 Å². The lowest BCUT2D eigenvalue weighted by molar-refractivity contribution is -0.0498. The van der Waals surface area contributed by atoms with Crippen LogP contribution in [0.2, 0.25) is 0 Å². The highest BCUT2D eigenvalue weighted by Crippen LogP contribution is 2.15. The van der Waals surface area contributed by atoms with E-state index in [1.54, 1.807) is 12.1 Å². The number of alkyl halides is 2. The van der Waals surface area contributed by atoms with Gasteiger partial charge in [0.25, 0.3) is 0 Å². The fraction of sp³-hybridized carbons (Fsp3) is 0.462. The molecular formula is C13H20F2IN3O. The number of guanidine groups is 1. The van der Waals surface area contributed by atoms with Crippen LogP contribution in [0, 0.1) is 0 Å². The minimum absolute atomic E-state index is 0. The number of nitrogens with zero attached hydrogens (tertiary/aromatic N) is 1. The van der Waals surface area contributed by atoms with Crippen LogP contribution in [-0.2, 0) is 6.54 Å². The second-order valence-electron chi connectivity index (χ2n) is 3.75. The molecule has 0 saturated heterocycles. The summed E-state index contributed by atoms with van der Waals surface area (Å²) >= 11 is 0. The van der Waals surface area contributed by atoms with Gasteiger partial charge < -0.3 is 15.4 Å². The van der Waals surface area contributed by atoms with Crippen molar-refractivity contribution in [3.63, 3.8) is 0 Å². The lowest BCUT2D eigenvalue weighted by Crippen LogP contribution is -2.36. The molecule has 0 saturated carbocycles. The van der Waals surface area contributed by atoms with Gasteiger partial charge in [0.15, 0.2) is 5.96 Å². The van der Waals surface area contributed by atoms with E-state index in [9.17, 15) is 8.78 Å². The maximum absolute atomic E-state index is 12.0.